The van der Waals surface area contributed by atoms with Crippen molar-refractivity contribution in [1.82, 2.24) is 0 Å². The summed E-state index contributed by atoms with van der Waals surface area (Å²) < 4.78 is 12.6. The minimum Gasteiger partial charge on any atom is -0.508 e. The molecule has 3 aromatic carbocycles. The van der Waals surface area contributed by atoms with E-state index in [-0.39, 0.29) is 29.6 Å². The highest BCUT2D eigenvalue weighted by Crippen LogP contribution is 2.50. The molecule has 1 N–H and O–H groups in total. The number of imide groups is 1. The number of nitrogens with zero attached hydrogens (tertiary/aromatic N) is 1. The average molecular weight is 584 g/mol. The molecule has 4 atom stereocenters. The first-order valence-corrected chi connectivity index (χ1v) is 14.9. The van der Waals surface area contributed by atoms with Crippen LogP contribution in [0.3, 0.4) is 0 Å². The summed E-state index contributed by atoms with van der Waals surface area (Å²) in [5, 5.41) is 10.2. The molecular weight excluding hydrogens is 550 g/mol. The van der Waals surface area contributed by atoms with Gasteiger partial charge in [0.2, 0.25) is 11.8 Å². The number of amides is 2. The number of benzene rings is 3. The van der Waals surface area contributed by atoms with Crippen molar-refractivity contribution in [2.45, 2.75) is 38.7 Å². The van der Waals surface area contributed by atoms with Gasteiger partial charge in [-0.25, -0.2) is 0 Å². The van der Waals surface area contributed by atoms with Gasteiger partial charge in [0.25, 0.3) is 0 Å². The fraction of sp³-hybridized carbons (Fsp3) is 0.314. The van der Waals surface area contributed by atoms with Gasteiger partial charge in [-0.2, -0.15) is 0 Å². The number of allylic oxidation sites excluding steroid dienone is 1. The molecule has 3 aromatic rings. The quantitative estimate of drug-likeness (QED) is 0.213. The van der Waals surface area contributed by atoms with Gasteiger partial charge in [0.15, 0.2) is 0 Å². The number of fused-ring (bicyclic) bond motifs is 3. The first-order valence-electron chi connectivity index (χ1n) is 14.6. The molecule has 2 amide bonds. The maximum atomic E-state index is 13.8. The molecule has 3 aliphatic rings. The third-order valence-electron chi connectivity index (χ3n) is 8.70. The number of phenolic OH excluding ortho intramolecular Hbond substituents is 1. The van der Waals surface area contributed by atoms with Crippen LogP contribution in [0.1, 0.15) is 38.2 Å². The van der Waals surface area contributed by atoms with E-state index in [9.17, 15) is 14.7 Å². The van der Waals surface area contributed by atoms with Gasteiger partial charge >= 0.3 is 0 Å². The molecule has 6 nitrogen and oxygen atoms in total. The Balaban J connectivity index is 1.28. The summed E-state index contributed by atoms with van der Waals surface area (Å²) >= 11 is 6.37. The topological polar surface area (TPSA) is 76.1 Å². The second-order valence-corrected chi connectivity index (χ2v) is 11.6. The maximum Gasteiger partial charge on any atom is 0.238 e. The van der Waals surface area contributed by atoms with Gasteiger partial charge in [-0.05, 0) is 84.9 Å². The predicted octanol–water partition coefficient (Wildman–Crippen LogP) is 7.22. The highest BCUT2D eigenvalue weighted by atomic mass is 35.5. The summed E-state index contributed by atoms with van der Waals surface area (Å²) in [5.41, 5.74) is 4.89. The molecule has 6 rings (SSSR count). The molecule has 7 heteroatoms. The van der Waals surface area contributed by atoms with Crippen LogP contribution in [-0.2, 0) is 14.3 Å². The van der Waals surface area contributed by atoms with Crippen LogP contribution in [0.25, 0.3) is 6.08 Å². The zero-order chi connectivity index (χ0) is 29.2. The number of carbonyl (C=O) groups excluding carboxylic acids is 2. The standard InChI is InChI=1S/C35H34ClNO5/c1-2-22(17-23-14-15-26(38)19-30(23)36)13-16-31-32-24(20-41-27-11-7-4-8-12-27)18-28-33(29(32)21-42-31)35(40)37(34(28)39)25-9-5-3-6-10-25/h3-12,14-15,17,19,28-29,31,33,38H,2,13,16,18,20-21H2,1H3/b22-17+/t28-,29+,31-,33-/m1/s1. The molecule has 42 heavy (non-hydrogen) atoms. The number of carbonyl (C=O) groups is 2. The monoisotopic (exact) mass is 583 g/mol. The minimum absolute atomic E-state index is 0.137. The van der Waals surface area contributed by atoms with Crippen LogP contribution >= 0.6 is 11.6 Å². The Labute approximate surface area is 251 Å². The van der Waals surface area contributed by atoms with Crippen molar-refractivity contribution < 1.29 is 24.2 Å². The molecule has 0 spiro atoms. The number of anilines is 1. The number of ether oxygens (including phenoxy) is 2. The molecular formula is C35H34ClNO5. The van der Waals surface area contributed by atoms with E-state index in [1.165, 1.54) is 10.5 Å². The lowest BCUT2D eigenvalue weighted by atomic mass is 9.69. The molecule has 2 heterocycles. The lowest BCUT2D eigenvalue weighted by Crippen LogP contribution is -2.35. The van der Waals surface area contributed by atoms with Gasteiger partial charge in [0.05, 0.1) is 35.3 Å². The van der Waals surface area contributed by atoms with Gasteiger partial charge in [0.1, 0.15) is 18.1 Å². The summed E-state index contributed by atoms with van der Waals surface area (Å²) in [6.45, 7) is 2.88. The lowest BCUT2D eigenvalue weighted by molar-refractivity contribution is -0.122. The molecule has 216 valence electrons. The van der Waals surface area contributed by atoms with Gasteiger partial charge in [-0.3, -0.25) is 14.5 Å². The molecule has 0 radical (unpaired) electrons. The largest absolute Gasteiger partial charge is 0.508 e. The highest BCUT2D eigenvalue weighted by Gasteiger charge is 2.57. The van der Waals surface area contributed by atoms with Gasteiger partial charge in [-0.1, -0.05) is 66.6 Å². The molecule has 2 saturated heterocycles. The first-order chi connectivity index (χ1) is 20.4. The van der Waals surface area contributed by atoms with E-state index in [1.807, 2.05) is 66.7 Å². The zero-order valence-corrected chi connectivity index (χ0v) is 24.3. The van der Waals surface area contributed by atoms with E-state index in [0.29, 0.717) is 30.3 Å². The van der Waals surface area contributed by atoms with Crippen LogP contribution in [0.4, 0.5) is 5.69 Å². The minimum atomic E-state index is -0.435. The van der Waals surface area contributed by atoms with Crippen LogP contribution < -0.4 is 9.64 Å². The van der Waals surface area contributed by atoms with E-state index in [2.05, 4.69) is 13.0 Å². The van der Waals surface area contributed by atoms with Crippen molar-refractivity contribution >= 4 is 35.2 Å². The van der Waals surface area contributed by atoms with Gasteiger partial charge in [0, 0.05) is 5.92 Å². The van der Waals surface area contributed by atoms with Crippen LogP contribution in [0.15, 0.2) is 95.6 Å². The van der Waals surface area contributed by atoms with E-state index in [1.54, 1.807) is 12.1 Å². The van der Waals surface area contributed by atoms with Crippen LogP contribution in [0, 0.1) is 17.8 Å². The number of para-hydroxylation sites is 2. The maximum absolute atomic E-state index is 13.8. The molecule has 2 aliphatic heterocycles. The Hall–Kier alpha value is -3.87. The smallest absolute Gasteiger partial charge is 0.238 e. The summed E-state index contributed by atoms with van der Waals surface area (Å²) in [6.07, 6.45) is 4.78. The van der Waals surface area contributed by atoms with Crippen LogP contribution in [0.5, 0.6) is 11.5 Å². The molecule has 0 aromatic heterocycles. The second kappa shape index (κ2) is 12.2. The summed E-state index contributed by atoms with van der Waals surface area (Å²) in [4.78, 5) is 28.9. The Morgan fingerprint density at radius 3 is 2.48 bits per heavy atom. The van der Waals surface area contributed by atoms with Crippen molar-refractivity contribution in [3.63, 3.8) is 0 Å². The fourth-order valence-electron chi connectivity index (χ4n) is 6.64. The number of halogens is 1. The lowest BCUT2D eigenvalue weighted by Gasteiger charge is -2.31. The second-order valence-electron chi connectivity index (χ2n) is 11.2. The van der Waals surface area contributed by atoms with Crippen molar-refractivity contribution in [1.29, 1.82) is 0 Å². The zero-order valence-electron chi connectivity index (χ0n) is 23.5. The third-order valence-corrected chi connectivity index (χ3v) is 9.03. The number of phenols is 1. The Morgan fingerprint density at radius 1 is 1.02 bits per heavy atom. The number of hydrogen-bond donors (Lipinski definition) is 1. The Morgan fingerprint density at radius 2 is 1.76 bits per heavy atom. The highest BCUT2D eigenvalue weighted by molar-refractivity contribution is 6.32. The predicted molar refractivity (Wildman–Crippen MR) is 163 cm³/mol. The van der Waals surface area contributed by atoms with Crippen LogP contribution in [-0.4, -0.2) is 36.2 Å². The number of hydrogen-bond acceptors (Lipinski definition) is 5. The fourth-order valence-corrected chi connectivity index (χ4v) is 6.87. The average Bonchev–Trinajstić information content (AvgIpc) is 3.54. The number of aromatic hydroxyl groups is 1. The van der Waals surface area contributed by atoms with E-state index in [0.717, 1.165) is 41.7 Å². The van der Waals surface area contributed by atoms with Crippen LogP contribution in [0.2, 0.25) is 5.02 Å². The number of rotatable bonds is 9. The molecule has 2 fully saturated rings. The van der Waals surface area contributed by atoms with E-state index < -0.39 is 11.8 Å². The molecule has 0 unspecified atom stereocenters. The summed E-state index contributed by atoms with van der Waals surface area (Å²) in [6, 6.07) is 23.9. The molecule has 1 aliphatic carbocycles. The van der Waals surface area contributed by atoms with Crippen molar-refractivity contribution in [3.05, 3.63) is 106 Å². The summed E-state index contributed by atoms with van der Waals surface area (Å²) in [5.74, 6) is -0.393. The van der Waals surface area contributed by atoms with Crippen molar-refractivity contribution in [2.24, 2.45) is 17.8 Å². The van der Waals surface area contributed by atoms with E-state index in [4.69, 9.17) is 21.1 Å². The normalized spacial score (nSPS) is 23.8. The van der Waals surface area contributed by atoms with Gasteiger partial charge in [-0.15, -0.1) is 0 Å². The Kier molecular flexibility index (Phi) is 8.18. The first kappa shape index (κ1) is 28.3. The molecule has 0 bridgehead atoms. The van der Waals surface area contributed by atoms with E-state index >= 15 is 0 Å². The van der Waals surface area contributed by atoms with Gasteiger partial charge < -0.3 is 14.6 Å². The SMILES string of the molecule is CC/C(=C\c1ccc(O)cc1Cl)CC[C@H]1OC[C@H]2C1=C(COc1ccccc1)C[C@H]1C(=O)N(c3ccccc3)C(=O)[C@H]12. The Bertz CT molecular complexity index is 1530. The van der Waals surface area contributed by atoms with Crippen molar-refractivity contribution in [2.75, 3.05) is 18.1 Å². The summed E-state index contributed by atoms with van der Waals surface area (Å²) in [7, 11) is 0. The third kappa shape index (κ3) is 5.49. The molecule has 0 saturated carbocycles. The van der Waals surface area contributed by atoms with Crippen molar-refractivity contribution in [3.8, 4) is 11.5 Å².